The first kappa shape index (κ1) is 22.2. The molecule has 2 saturated heterocycles. The van der Waals surface area contributed by atoms with E-state index in [1.807, 2.05) is 38.1 Å². The molecule has 0 aliphatic carbocycles. The molecule has 2 fully saturated rings. The van der Waals surface area contributed by atoms with E-state index in [9.17, 15) is 0 Å². The Morgan fingerprint density at radius 3 is 2.85 bits per heavy atom. The Labute approximate surface area is 201 Å². The van der Waals surface area contributed by atoms with Crippen molar-refractivity contribution in [3.05, 3.63) is 54.2 Å². The van der Waals surface area contributed by atoms with Crippen LogP contribution in [0.25, 0.3) is 10.9 Å². The number of anilines is 2. The molecule has 0 radical (unpaired) electrons. The number of hydrogen-bond acceptors (Lipinski definition) is 3. The zero-order valence-electron chi connectivity index (χ0n) is 19.6. The summed E-state index contributed by atoms with van der Waals surface area (Å²) in [6, 6.07) is 15.1. The molecule has 5 nitrogen and oxygen atoms in total. The molecule has 0 amide bonds. The molecule has 2 unspecified atom stereocenters. The highest BCUT2D eigenvalue weighted by Gasteiger charge is 2.31. The van der Waals surface area contributed by atoms with Gasteiger partial charge in [-0.3, -0.25) is 0 Å². The average Bonchev–Trinajstić information content (AvgIpc) is 3.23. The second kappa shape index (κ2) is 9.74. The van der Waals surface area contributed by atoms with E-state index in [1.165, 1.54) is 61.7 Å². The Morgan fingerprint density at radius 1 is 1.09 bits per heavy atom. The van der Waals surface area contributed by atoms with Crippen LogP contribution in [0.1, 0.15) is 57.4 Å². The van der Waals surface area contributed by atoms with Gasteiger partial charge < -0.3 is 25.3 Å². The minimum absolute atomic E-state index is 0.101. The van der Waals surface area contributed by atoms with Crippen molar-refractivity contribution in [3.63, 3.8) is 0 Å². The number of para-hydroxylation sites is 2. The highest BCUT2D eigenvalue weighted by Crippen LogP contribution is 2.39. The van der Waals surface area contributed by atoms with Crippen LogP contribution in [0.4, 0.5) is 11.4 Å². The van der Waals surface area contributed by atoms with E-state index in [0.717, 1.165) is 23.2 Å². The van der Waals surface area contributed by atoms with Crippen molar-refractivity contribution in [2.24, 2.45) is 0 Å². The van der Waals surface area contributed by atoms with E-state index < -0.39 is 0 Å². The van der Waals surface area contributed by atoms with Crippen molar-refractivity contribution in [2.75, 3.05) is 23.7 Å². The first-order chi connectivity index (χ1) is 16.1. The Kier molecular flexibility index (Phi) is 6.56. The van der Waals surface area contributed by atoms with Gasteiger partial charge in [0.15, 0.2) is 5.11 Å². The number of rotatable bonds is 5. The molecular formula is C27H34N4OS. The van der Waals surface area contributed by atoms with Gasteiger partial charge >= 0.3 is 0 Å². The van der Waals surface area contributed by atoms with Crippen LogP contribution < -0.4 is 15.4 Å². The summed E-state index contributed by atoms with van der Waals surface area (Å²) in [6.07, 6.45) is 8.95. The van der Waals surface area contributed by atoms with Gasteiger partial charge in [-0.25, -0.2) is 0 Å². The van der Waals surface area contributed by atoms with Crippen LogP contribution in [0.15, 0.2) is 48.7 Å². The molecule has 2 atom stereocenters. The lowest BCUT2D eigenvalue weighted by Gasteiger charge is -2.42. The van der Waals surface area contributed by atoms with Crippen LogP contribution >= 0.6 is 12.2 Å². The van der Waals surface area contributed by atoms with Crippen LogP contribution in [0.2, 0.25) is 0 Å². The predicted molar refractivity (Wildman–Crippen MR) is 142 cm³/mol. The normalized spacial score (nSPS) is 21.1. The van der Waals surface area contributed by atoms with Gasteiger partial charge in [-0.2, -0.15) is 0 Å². The summed E-state index contributed by atoms with van der Waals surface area (Å²) in [4.78, 5) is 6.21. The standard InChI is InChI=1S/C27H34N4OS/c1-18(2)32-26-9-4-3-8-25(26)30-27(33)29-20-10-11-24-22(16-20)23(17-28-24)19-12-14-31-13-6-5-7-21(31)15-19/h3-4,8-11,16-19,21,28H,5-7,12-15H2,1-2H3,(H2,29,30,33). The molecule has 0 spiro atoms. The smallest absolute Gasteiger partial charge is 0.175 e. The quantitative estimate of drug-likeness (QED) is 0.378. The van der Waals surface area contributed by atoms with Gasteiger partial charge in [0.1, 0.15) is 5.75 Å². The molecular weight excluding hydrogens is 428 g/mol. The van der Waals surface area contributed by atoms with Crippen LogP contribution in [-0.2, 0) is 0 Å². The van der Waals surface area contributed by atoms with E-state index in [4.69, 9.17) is 17.0 Å². The Balaban J connectivity index is 1.30. The Morgan fingerprint density at radius 2 is 1.97 bits per heavy atom. The third-order valence-electron chi connectivity index (χ3n) is 6.98. The third-order valence-corrected chi connectivity index (χ3v) is 7.18. The molecule has 5 rings (SSSR count). The van der Waals surface area contributed by atoms with Crippen LogP contribution in [0.5, 0.6) is 5.75 Å². The number of piperidine rings is 2. The summed E-state index contributed by atoms with van der Waals surface area (Å²) >= 11 is 5.62. The predicted octanol–water partition coefficient (Wildman–Crippen LogP) is 6.50. The molecule has 2 aliphatic heterocycles. The maximum absolute atomic E-state index is 5.91. The van der Waals surface area contributed by atoms with Crippen molar-refractivity contribution >= 4 is 39.6 Å². The van der Waals surface area contributed by atoms with Gasteiger partial charge in [0.2, 0.25) is 0 Å². The molecule has 3 aromatic rings. The summed E-state index contributed by atoms with van der Waals surface area (Å²) in [5.41, 5.74) is 4.51. The summed E-state index contributed by atoms with van der Waals surface area (Å²) < 4.78 is 5.91. The lowest BCUT2D eigenvalue weighted by Crippen LogP contribution is -2.44. The van der Waals surface area contributed by atoms with Crippen LogP contribution in [0, 0.1) is 0 Å². The summed E-state index contributed by atoms with van der Waals surface area (Å²) in [5.74, 6) is 1.42. The van der Waals surface area contributed by atoms with E-state index >= 15 is 0 Å². The molecule has 3 heterocycles. The number of ether oxygens (including phenoxy) is 1. The molecule has 3 N–H and O–H groups in total. The van der Waals surface area contributed by atoms with Gasteiger partial charge in [-0.1, -0.05) is 18.6 Å². The van der Waals surface area contributed by atoms with Gasteiger partial charge in [0, 0.05) is 28.8 Å². The molecule has 0 saturated carbocycles. The molecule has 174 valence electrons. The topological polar surface area (TPSA) is 52.3 Å². The number of nitrogens with one attached hydrogen (secondary N) is 3. The minimum atomic E-state index is 0.101. The van der Waals surface area contributed by atoms with Crippen molar-refractivity contribution < 1.29 is 4.74 Å². The maximum Gasteiger partial charge on any atom is 0.175 e. The molecule has 0 bridgehead atoms. The lowest BCUT2D eigenvalue weighted by atomic mass is 9.82. The zero-order chi connectivity index (χ0) is 22.8. The fourth-order valence-electron chi connectivity index (χ4n) is 5.44. The Hall–Kier alpha value is -2.57. The molecule has 2 aliphatic rings. The molecule has 1 aromatic heterocycles. The zero-order valence-corrected chi connectivity index (χ0v) is 20.4. The van der Waals surface area contributed by atoms with E-state index in [0.29, 0.717) is 11.0 Å². The second-order valence-corrected chi connectivity index (χ2v) is 10.1. The first-order valence-corrected chi connectivity index (χ1v) is 12.7. The summed E-state index contributed by atoms with van der Waals surface area (Å²) in [7, 11) is 0. The Bertz CT molecular complexity index is 1120. The van der Waals surface area contributed by atoms with E-state index in [2.05, 4.69) is 44.9 Å². The number of benzene rings is 2. The monoisotopic (exact) mass is 462 g/mol. The van der Waals surface area contributed by atoms with Gasteiger partial charge in [-0.05, 0) is 107 Å². The van der Waals surface area contributed by atoms with Gasteiger partial charge in [-0.15, -0.1) is 0 Å². The number of H-pyrrole nitrogens is 1. The minimum Gasteiger partial charge on any atom is -0.489 e. The van der Waals surface area contributed by atoms with Crippen molar-refractivity contribution in [2.45, 2.75) is 64.0 Å². The first-order valence-electron chi connectivity index (χ1n) is 12.3. The van der Waals surface area contributed by atoms with Gasteiger partial charge in [0.25, 0.3) is 0 Å². The highest BCUT2D eigenvalue weighted by atomic mass is 32.1. The van der Waals surface area contributed by atoms with Crippen molar-refractivity contribution in [1.82, 2.24) is 9.88 Å². The van der Waals surface area contributed by atoms with Crippen LogP contribution in [-0.4, -0.2) is 40.2 Å². The number of aromatic nitrogens is 1. The third kappa shape index (κ3) is 5.02. The number of aromatic amines is 1. The fourth-order valence-corrected chi connectivity index (χ4v) is 5.67. The molecule has 6 heteroatoms. The maximum atomic E-state index is 5.91. The van der Waals surface area contributed by atoms with Crippen molar-refractivity contribution in [3.8, 4) is 5.75 Å². The molecule has 2 aromatic carbocycles. The average molecular weight is 463 g/mol. The second-order valence-electron chi connectivity index (χ2n) is 9.65. The van der Waals surface area contributed by atoms with Crippen LogP contribution in [0.3, 0.4) is 0 Å². The highest BCUT2D eigenvalue weighted by molar-refractivity contribution is 7.80. The fraction of sp³-hybridized carbons (Fsp3) is 0.444. The largest absolute Gasteiger partial charge is 0.489 e. The number of hydrogen-bond donors (Lipinski definition) is 3. The van der Waals surface area contributed by atoms with Gasteiger partial charge in [0.05, 0.1) is 11.8 Å². The SMILES string of the molecule is CC(C)Oc1ccccc1NC(=S)Nc1ccc2[nH]cc(C3CCN4CCCCC4C3)c2c1. The summed E-state index contributed by atoms with van der Waals surface area (Å²) in [6.45, 7) is 6.56. The number of fused-ring (bicyclic) bond motifs is 2. The lowest BCUT2D eigenvalue weighted by molar-refractivity contribution is 0.0977. The summed E-state index contributed by atoms with van der Waals surface area (Å²) in [5, 5.41) is 8.53. The number of nitrogens with zero attached hydrogens (tertiary/aromatic N) is 1. The molecule has 33 heavy (non-hydrogen) atoms. The van der Waals surface area contributed by atoms with E-state index in [1.54, 1.807) is 0 Å². The van der Waals surface area contributed by atoms with Crippen molar-refractivity contribution in [1.29, 1.82) is 0 Å². The number of thiocarbonyl (C=S) groups is 1. The van der Waals surface area contributed by atoms with E-state index in [-0.39, 0.29) is 6.10 Å².